The van der Waals surface area contributed by atoms with Gasteiger partial charge >= 0.3 is 0 Å². The Morgan fingerprint density at radius 2 is 2.09 bits per heavy atom. The third kappa shape index (κ3) is 2.89. The van der Waals surface area contributed by atoms with Crippen LogP contribution in [0.5, 0.6) is 5.75 Å². The lowest BCUT2D eigenvalue weighted by atomic mass is 10.1. The minimum Gasteiger partial charge on any atom is -0.507 e. The van der Waals surface area contributed by atoms with Crippen LogP contribution in [0.15, 0.2) is 33.2 Å². The predicted octanol–water partition coefficient (Wildman–Crippen LogP) is 4.24. The molecule has 23 heavy (non-hydrogen) atoms. The summed E-state index contributed by atoms with van der Waals surface area (Å²) in [5.74, 6) is 0.382. The molecule has 1 aromatic heterocycles. The van der Waals surface area contributed by atoms with E-state index in [1.165, 1.54) is 6.07 Å². The number of oxazole rings is 1. The number of hydrogen-bond donors (Lipinski definition) is 3. The minimum atomic E-state index is 0.0300. The fourth-order valence-corrected chi connectivity index (χ4v) is 3.01. The number of anilines is 1. The smallest absolute Gasteiger partial charge is 0.231 e. The summed E-state index contributed by atoms with van der Waals surface area (Å²) < 4.78 is 6.71. The van der Waals surface area contributed by atoms with Gasteiger partial charge < -0.3 is 20.6 Å². The SMILES string of the molecule is Cc1cc2nc(-c3ccc(NC(N)=S)cc3O)oc2c(Br)c1C. The monoisotopic (exact) mass is 391 g/mol. The number of aromatic hydroxyl groups is 1. The second-order valence-electron chi connectivity index (χ2n) is 5.22. The van der Waals surface area contributed by atoms with Crippen LogP contribution >= 0.6 is 28.1 Å². The molecule has 0 atom stereocenters. The maximum atomic E-state index is 10.2. The molecule has 0 saturated heterocycles. The number of nitrogens with one attached hydrogen (secondary N) is 1. The molecule has 0 radical (unpaired) electrons. The summed E-state index contributed by atoms with van der Waals surface area (Å²) in [6.07, 6.45) is 0. The zero-order chi connectivity index (χ0) is 16.7. The second-order valence-corrected chi connectivity index (χ2v) is 6.45. The highest BCUT2D eigenvalue weighted by Crippen LogP contribution is 2.36. The summed E-state index contributed by atoms with van der Waals surface area (Å²) >= 11 is 8.32. The number of fused-ring (bicyclic) bond motifs is 1. The summed E-state index contributed by atoms with van der Waals surface area (Å²) in [7, 11) is 0. The van der Waals surface area contributed by atoms with Crippen molar-refractivity contribution in [1.82, 2.24) is 4.98 Å². The van der Waals surface area contributed by atoms with Crippen LogP contribution < -0.4 is 11.1 Å². The molecule has 0 amide bonds. The summed E-state index contributed by atoms with van der Waals surface area (Å²) in [4.78, 5) is 4.47. The van der Waals surface area contributed by atoms with E-state index >= 15 is 0 Å². The number of nitrogens with two attached hydrogens (primary N) is 1. The van der Waals surface area contributed by atoms with Crippen LogP contribution in [0.2, 0.25) is 0 Å². The molecule has 0 saturated carbocycles. The van der Waals surface area contributed by atoms with Gasteiger partial charge in [-0.3, -0.25) is 0 Å². The first-order valence-corrected chi connectivity index (χ1v) is 8.03. The zero-order valence-electron chi connectivity index (χ0n) is 12.5. The van der Waals surface area contributed by atoms with Gasteiger partial charge in [-0.15, -0.1) is 0 Å². The Bertz CT molecular complexity index is 937. The number of rotatable bonds is 2. The van der Waals surface area contributed by atoms with Crippen molar-refractivity contribution in [2.24, 2.45) is 5.73 Å². The topological polar surface area (TPSA) is 84.3 Å². The maximum absolute atomic E-state index is 10.2. The van der Waals surface area contributed by atoms with Crippen LogP contribution in [0.25, 0.3) is 22.6 Å². The highest BCUT2D eigenvalue weighted by Gasteiger charge is 2.16. The van der Waals surface area contributed by atoms with Crippen molar-refractivity contribution < 1.29 is 9.52 Å². The number of thiocarbonyl (C=S) groups is 1. The first-order chi connectivity index (χ1) is 10.9. The zero-order valence-corrected chi connectivity index (χ0v) is 14.9. The Morgan fingerprint density at radius 1 is 1.35 bits per heavy atom. The van der Waals surface area contributed by atoms with Gasteiger partial charge in [-0.2, -0.15) is 0 Å². The molecule has 0 aliphatic rings. The molecule has 0 bridgehead atoms. The van der Waals surface area contributed by atoms with Crippen molar-refractivity contribution in [2.45, 2.75) is 13.8 Å². The molecule has 1 heterocycles. The molecule has 5 nitrogen and oxygen atoms in total. The Labute approximate surface area is 146 Å². The molecule has 2 aromatic carbocycles. The van der Waals surface area contributed by atoms with Crippen molar-refractivity contribution in [3.05, 3.63) is 39.9 Å². The summed E-state index contributed by atoms with van der Waals surface area (Å²) in [5.41, 5.74) is 10.1. The molecule has 7 heteroatoms. The number of hydrogen-bond acceptors (Lipinski definition) is 4. The van der Waals surface area contributed by atoms with Crippen molar-refractivity contribution in [2.75, 3.05) is 5.32 Å². The van der Waals surface area contributed by atoms with E-state index in [-0.39, 0.29) is 10.9 Å². The van der Waals surface area contributed by atoms with Gasteiger partial charge in [-0.1, -0.05) is 0 Å². The second kappa shape index (κ2) is 5.82. The number of phenols is 1. The lowest BCUT2D eigenvalue weighted by Crippen LogP contribution is -2.18. The third-order valence-corrected chi connectivity index (χ3v) is 4.68. The number of aromatic nitrogens is 1. The molecular weight excluding hydrogens is 378 g/mol. The number of benzene rings is 2. The molecule has 3 aromatic rings. The Hall–Kier alpha value is -2.12. The quantitative estimate of drug-likeness (QED) is 0.566. The van der Waals surface area contributed by atoms with Crippen molar-refractivity contribution in [1.29, 1.82) is 0 Å². The molecular formula is C16H14BrN3O2S. The van der Waals surface area contributed by atoms with Crippen LogP contribution in [0.1, 0.15) is 11.1 Å². The lowest BCUT2D eigenvalue weighted by molar-refractivity contribution is 0.474. The third-order valence-electron chi connectivity index (χ3n) is 3.62. The van der Waals surface area contributed by atoms with Gasteiger partial charge in [0, 0.05) is 11.8 Å². The number of aryl methyl sites for hydroxylation is 1. The molecule has 0 aliphatic carbocycles. The highest BCUT2D eigenvalue weighted by molar-refractivity contribution is 9.10. The maximum Gasteiger partial charge on any atom is 0.231 e. The standard InChI is InChI=1S/C16H14BrN3O2S/c1-7-5-11-14(13(17)8(7)2)22-15(20-11)10-4-3-9(6-12(10)21)19-16(18)23/h3-6,21H,1-2H3,(H3,18,19,23). The Kier molecular flexibility index (Phi) is 3.99. The van der Waals surface area contributed by atoms with Gasteiger partial charge in [0.25, 0.3) is 0 Å². The number of phenolic OH excluding ortho intramolecular Hbond substituents is 1. The van der Waals surface area contributed by atoms with E-state index in [0.29, 0.717) is 22.7 Å². The minimum absolute atomic E-state index is 0.0300. The molecule has 0 aliphatic heterocycles. The van der Waals surface area contributed by atoms with Gasteiger partial charge in [0.05, 0.1) is 10.0 Å². The predicted molar refractivity (Wildman–Crippen MR) is 98.7 cm³/mol. The fourth-order valence-electron chi connectivity index (χ4n) is 2.29. The van der Waals surface area contributed by atoms with Crippen LogP contribution in [0, 0.1) is 13.8 Å². The fraction of sp³-hybridized carbons (Fsp3) is 0.125. The van der Waals surface area contributed by atoms with E-state index in [1.54, 1.807) is 12.1 Å². The van der Waals surface area contributed by atoms with Crippen molar-refractivity contribution in [3.8, 4) is 17.2 Å². The first-order valence-electron chi connectivity index (χ1n) is 6.83. The van der Waals surface area contributed by atoms with E-state index in [9.17, 15) is 5.11 Å². The van der Waals surface area contributed by atoms with Crippen LogP contribution in [0.3, 0.4) is 0 Å². The lowest BCUT2D eigenvalue weighted by Gasteiger charge is -2.06. The largest absolute Gasteiger partial charge is 0.507 e. The summed E-state index contributed by atoms with van der Waals surface area (Å²) in [6, 6.07) is 6.93. The average molecular weight is 392 g/mol. The van der Waals surface area contributed by atoms with Crippen LogP contribution in [-0.2, 0) is 0 Å². The number of halogens is 1. The summed E-state index contributed by atoms with van der Waals surface area (Å²) in [6.45, 7) is 4.02. The number of nitrogens with zero attached hydrogens (tertiary/aromatic N) is 1. The molecule has 0 fully saturated rings. The van der Waals surface area contributed by atoms with Crippen LogP contribution in [-0.4, -0.2) is 15.2 Å². The Balaban J connectivity index is 2.10. The Morgan fingerprint density at radius 3 is 2.74 bits per heavy atom. The molecule has 4 N–H and O–H groups in total. The van der Waals surface area contributed by atoms with Gasteiger partial charge in [-0.25, -0.2) is 4.98 Å². The van der Waals surface area contributed by atoms with Gasteiger partial charge in [0.15, 0.2) is 10.7 Å². The molecule has 3 rings (SSSR count). The molecule has 0 spiro atoms. The van der Waals surface area contributed by atoms with E-state index in [0.717, 1.165) is 21.1 Å². The van der Waals surface area contributed by atoms with E-state index in [2.05, 4.69) is 26.2 Å². The van der Waals surface area contributed by atoms with E-state index < -0.39 is 0 Å². The van der Waals surface area contributed by atoms with Gasteiger partial charge in [-0.05, 0) is 71.3 Å². The molecule has 0 unspecified atom stereocenters. The van der Waals surface area contributed by atoms with Crippen molar-refractivity contribution in [3.63, 3.8) is 0 Å². The summed E-state index contributed by atoms with van der Waals surface area (Å²) in [5, 5.41) is 13.1. The van der Waals surface area contributed by atoms with Gasteiger partial charge in [0.1, 0.15) is 11.3 Å². The van der Waals surface area contributed by atoms with E-state index in [4.69, 9.17) is 22.4 Å². The average Bonchev–Trinajstić information content (AvgIpc) is 2.88. The first kappa shape index (κ1) is 15.8. The van der Waals surface area contributed by atoms with Gasteiger partial charge in [0.2, 0.25) is 5.89 Å². The normalized spacial score (nSPS) is 10.9. The highest BCUT2D eigenvalue weighted by atomic mass is 79.9. The molecule has 118 valence electrons. The van der Waals surface area contributed by atoms with Crippen molar-refractivity contribution >= 4 is 50.0 Å². The van der Waals surface area contributed by atoms with E-state index in [1.807, 2.05) is 19.9 Å². The van der Waals surface area contributed by atoms with Crippen LogP contribution in [0.4, 0.5) is 5.69 Å².